The standard InChI is InChI=1S/C23H28N2O4S2/c1-3-29-14-13-25-20-12-11-18(2)16-21(20)30-23(25)24-22(26)10-7-15-31(27,28)17-19-8-5-4-6-9-19/h4-6,8-9,11-12,16H,3,7,10,13-15,17H2,1-2H3. The number of carbonyl (C=O) groups excluding carboxylic acids is 1. The fourth-order valence-electron chi connectivity index (χ4n) is 3.29. The van der Waals surface area contributed by atoms with E-state index in [-0.39, 0.29) is 30.3 Å². The Bertz CT molecular complexity index is 1200. The van der Waals surface area contributed by atoms with Gasteiger partial charge in [-0.3, -0.25) is 4.79 Å². The molecule has 1 amide bonds. The maximum Gasteiger partial charge on any atom is 0.248 e. The van der Waals surface area contributed by atoms with E-state index in [0.29, 0.717) is 24.6 Å². The predicted octanol–water partition coefficient (Wildman–Crippen LogP) is 3.87. The Morgan fingerprint density at radius 1 is 1.16 bits per heavy atom. The highest BCUT2D eigenvalue weighted by molar-refractivity contribution is 7.90. The summed E-state index contributed by atoms with van der Waals surface area (Å²) < 4.78 is 33.2. The van der Waals surface area contributed by atoms with Crippen LogP contribution in [-0.4, -0.2) is 37.9 Å². The van der Waals surface area contributed by atoms with Gasteiger partial charge in [0.05, 0.1) is 28.3 Å². The largest absolute Gasteiger partial charge is 0.380 e. The second kappa shape index (κ2) is 10.8. The number of carbonyl (C=O) groups is 1. The Morgan fingerprint density at radius 3 is 2.68 bits per heavy atom. The molecule has 1 aromatic heterocycles. The van der Waals surface area contributed by atoms with E-state index in [1.54, 1.807) is 12.1 Å². The van der Waals surface area contributed by atoms with Crippen molar-refractivity contribution in [2.24, 2.45) is 4.99 Å². The molecule has 0 N–H and O–H groups in total. The van der Waals surface area contributed by atoms with E-state index in [4.69, 9.17) is 4.74 Å². The van der Waals surface area contributed by atoms with Crippen molar-refractivity contribution in [1.82, 2.24) is 4.57 Å². The first kappa shape index (κ1) is 23.4. The third-order valence-corrected chi connectivity index (χ3v) is 7.52. The molecule has 0 aliphatic carbocycles. The fraction of sp³-hybridized carbons (Fsp3) is 0.391. The van der Waals surface area contributed by atoms with Crippen LogP contribution in [0.5, 0.6) is 0 Å². The first-order valence-corrected chi connectivity index (χ1v) is 13.0. The summed E-state index contributed by atoms with van der Waals surface area (Å²) in [6, 6.07) is 15.2. The molecule has 8 heteroatoms. The molecule has 0 fully saturated rings. The van der Waals surface area contributed by atoms with Crippen LogP contribution in [0.4, 0.5) is 0 Å². The van der Waals surface area contributed by atoms with Crippen molar-refractivity contribution in [3.05, 3.63) is 64.5 Å². The van der Waals surface area contributed by atoms with Crippen molar-refractivity contribution in [2.45, 2.75) is 39.0 Å². The van der Waals surface area contributed by atoms with Gasteiger partial charge in [0, 0.05) is 19.6 Å². The van der Waals surface area contributed by atoms with E-state index in [0.717, 1.165) is 21.3 Å². The van der Waals surface area contributed by atoms with Gasteiger partial charge in [0.25, 0.3) is 0 Å². The third kappa shape index (κ3) is 6.85. The molecule has 0 aliphatic heterocycles. The first-order valence-electron chi connectivity index (χ1n) is 10.4. The minimum Gasteiger partial charge on any atom is -0.380 e. The summed E-state index contributed by atoms with van der Waals surface area (Å²) in [6.45, 7) is 5.75. The van der Waals surface area contributed by atoms with Crippen LogP contribution >= 0.6 is 11.3 Å². The lowest BCUT2D eigenvalue weighted by atomic mass is 10.2. The number of aryl methyl sites for hydroxylation is 1. The summed E-state index contributed by atoms with van der Waals surface area (Å²) in [7, 11) is -3.26. The Labute approximate surface area is 187 Å². The molecule has 3 aromatic rings. The Morgan fingerprint density at radius 2 is 1.94 bits per heavy atom. The summed E-state index contributed by atoms with van der Waals surface area (Å²) in [4.78, 5) is 17.4. The number of hydrogen-bond donors (Lipinski definition) is 0. The van der Waals surface area contributed by atoms with E-state index < -0.39 is 9.84 Å². The average molecular weight is 461 g/mol. The molecule has 2 aromatic carbocycles. The number of thiazole rings is 1. The molecule has 31 heavy (non-hydrogen) atoms. The van der Waals surface area contributed by atoms with Crippen molar-refractivity contribution in [3.8, 4) is 0 Å². The molecule has 166 valence electrons. The molecule has 3 rings (SSSR count). The monoisotopic (exact) mass is 460 g/mol. The lowest BCUT2D eigenvalue weighted by Crippen LogP contribution is -2.20. The van der Waals surface area contributed by atoms with Gasteiger partial charge in [-0.15, -0.1) is 0 Å². The molecular weight excluding hydrogens is 432 g/mol. The van der Waals surface area contributed by atoms with E-state index in [1.807, 2.05) is 48.7 Å². The zero-order valence-electron chi connectivity index (χ0n) is 17.9. The van der Waals surface area contributed by atoms with E-state index in [2.05, 4.69) is 11.1 Å². The van der Waals surface area contributed by atoms with Crippen molar-refractivity contribution < 1.29 is 17.9 Å². The second-order valence-corrected chi connectivity index (χ2v) is 10.6. The predicted molar refractivity (Wildman–Crippen MR) is 125 cm³/mol. The molecule has 6 nitrogen and oxygen atoms in total. The van der Waals surface area contributed by atoms with Crippen molar-refractivity contribution in [3.63, 3.8) is 0 Å². The molecule has 0 bridgehead atoms. The summed E-state index contributed by atoms with van der Waals surface area (Å²) in [5, 5.41) is 0. The van der Waals surface area contributed by atoms with Crippen LogP contribution in [0.3, 0.4) is 0 Å². The number of aromatic nitrogens is 1. The first-order chi connectivity index (χ1) is 14.9. The lowest BCUT2D eigenvalue weighted by Gasteiger charge is -2.06. The van der Waals surface area contributed by atoms with Crippen LogP contribution < -0.4 is 4.80 Å². The van der Waals surface area contributed by atoms with Gasteiger partial charge in [-0.05, 0) is 43.5 Å². The number of amides is 1. The summed E-state index contributed by atoms with van der Waals surface area (Å²) in [6.07, 6.45) is 0.368. The van der Waals surface area contributed by atoms with Gasteiger partial charge < -0.3 is 9.30 Å². The van der Waals surface area contributed by atoms with Crippen LogP contribution in [0.25, 0.3) is 10.2 Å². The fourth-order valence-corrected chi connectivity index (χ4v) is 5.89. The minimum absolute atomic E-state index is 0.00767. The topological polar surface area (TPSA) is 77.7 Å². The molecule has 0 atom stereocenters. The maximum atomic E-state index is 12.5. The van der Waals surface area contributed by atoms with Gasteiger partial charge in [0.2, 0.25) is 5.91 Å². The van der Waals surface area contributed by atoms with Crippen LogP contribution in [0, 0.1) is 6.92 Å². The highest BCUT2D eigenvalue weighted by Crippen LogP contribution is 2.19. The lowest BCUT2D eigenvalue weighted by molar-refractivity contribution is -0.118. The number of fused-ring (bicyclic) bond motifs is 1. The highest BCUT2D eigenvalue weighted by atomic mass is 32.2. The van der Waals surface area contributed by atoms with Crippen LogP contribution in [-0.2, 0) is 31.7 Å². The molecule has 1 heterocycles. The van der Waals surface area contributed by atoms with Crippen LogP contribution in [0.1, 0.15) is 30.9 Å². The molecule has 0 unspecified atom stereocenters. The summed E-state index contributed by atoms with van der Waals surface area (Å²) >= 11 is 1.47. The number of hydrogen-bond acceptors (Lipinski definition) is 5. The number of benzene rings is 2. The number of rotatable bonds is 10. The molecule has 0 radical (unpaired) electrons. The molecular formula is C23H28N2O4S2. The minimum atomic E-state index is -3.26. The van der Waals surface area contributed by atoms with Crippen LogP contribution in [0.15, 0.2) is 53.5 Å². The molecule has 0 saturated heterocycles. The van der Waals surface area contributed by atoms with Gasteiger partial charge in [-0.1, -0.05) is 47.7 Å². The van der Waals surface area contributed by atoms with Gasteiger partial charge in [0.15, 0.2) is 14.6 Å². The van der Waals surface area contributed by atoms with E-state index in [9.17, 15) is 13.2 Å². The van der Waals surface area contributed by atoms with Gasteiger partial charge in [-0.25, -0.2) is 8.42 Å². The van der Waals surface area contributed by atoms with Gasteiger partial charge in [0.1, 0.15) is 0 Å². The zero-order chi connectivity index (χ0) is 22.3. The average Bonchev–Trinajstić information content (AvgIpc) is 3.04. The van der Waals surface area contributed by atoms with Crippen molar-refractivity contribution in [1.29, 1.82) is 0 Å². The number of ether oxygens (including phenoxy) is 1. The quantitative estimate of drug-likeness (QED) is 0.430. The number of nitrogens with zero attached hydrogens (tertiary/aromatic N) is 2. The Balaban J connectivity index is 1.69. The normalized spacial score (nSPS) is 12.5. The molecule has 0 spiro atoms. The SMILES string of the molecule is CCOCCn1c(=NC(=O)CCCS(=O)(=O)Cc2ccccc2)sc2cc(C)ccc21. The van der Waals surface area contributed by atoms with Crippen molar-refractivity contribution >= 4 is 37.3 Å². The van der Waals surface area contributed by atoms with Crippen LogP contribution in [0.2, 0.25) is 0 Å². The maximum absolute atomic E-state index is 12.5. The van der Waals surface area contributed by atoms with Gasteiger partial charge in [-0.2, -0.15) is 4.99 Å². The molecule has 0 aliphatic rings. The Kier molecular flexibility index (Phi) is 8.17. The zero-order valence-corrected chi connectivity index (χ0v) is 19.5. The summed E-state index contributed by atoms with van der Waals surface area (Å²) in [5.74, 6) is -0.339. The van der Waals surface area contributed by atoms with E-state index >= 15 is 0 Å². The second-order valence-electron chi connectivity index (χ2n) is 7.39. The number of sulfone groups is 1. The third-order valence-electron chi connectivity index (χ3n) is 4.80. The summed E-state index contributed by atoms with van der Waals surface area (Å²) in [5.41, 5.74) is 2.92. The van der Waals surface area contributed by atoms with E-state index in [1.165, 1.54) is 11.3 Å². The molecule has 0 saturated carbocycles. The highest BCUT2D eigenvalue weighted by Gasteiger charge is 2.13. The smallest absolute Gasteiger partial charge is 0.248 e. The van der Waals surface area contributed by atoms with Gasteiger partial charge >= 0.3 is 0 Å². The van der Waals surface area contributed by atoms with Crippen molar-refractivity contribution in [2.75, 3.05) is 19.0 Å². The Hall–Kier alpha value is -2.29.